The zero-order valence-electron chi connectivity index (χ0n) is 14.2. The lowest BCUT2D eigenvalue weighted by molar-refractivity contribution is 0.580. The maximum absolute atomic E-state index is 13.2. The van der Waals surface area contributed by atoms with Gasteiger partial charge in [0, 0.05) is 5.57 Å². The van der Waals surface area contributed by atoms with Crippen LogP contribution in [0.15, 0.2) is 40.3 Å². The van der Waals surface area contributed by atoms with Gasteiger partial charge >= 0.3 is 0 Å². The molecule has 1 N–H and O–H groups in total. The van der Waals surface area contributed by atoms with Crippen LogP contribution in [0.25, 0.3) is 5.57 Å². The molecular formula is C18H24FN3. The Balaban J connectivity index is 2.48. The summed E-state index contributed by atoms with van der Waals surface area (Å²) in [6.45, 7) is 12.3. The lowest BCUT2D eigenvalue weighted by Gasteiger charge is -2.16. The Labute approximate surface area is 132 Å². The van der Waals surface area contributed by atoms with E-state index in [4.69, 9.17) is 4.99 Å². The fraction of sp³-hybridized carbons (Fsp3) is 0.444. The van der Waals surface area contributed by atoms with Crippen LogP contribution in [0.2, 0.25) is 0 Å². The molecule has 0 spiro atoms. The fourth-order valence-corrected chi connectivity index (χ4v) is 2.12. The molecule has 22 heavy (non-hydrogen) atoms. The Kier molecular flexibility index (Phi) is 4.23. The summed E-state index contributed by atoms with van der Waals surface area (Å²) in [5.74, 6) is 1.32. The molecule has 0 bridgehead atoms. The van der Waals surface area contributed by atoms with Crippen LogP contribution in [0, 0.1) is 5.82 Å². The number of amidine groups is 2. The van der Waals surface area contributed by atoms with Gasteiger partial charge in [-0.15, -0.1) is 0 Å². The largest absolute Gasteiger partial charge is 0.325 e. The average molecular weight is 301 g/mol. The van der Waals surface area contributed by atoms with Crippen LogP contribution in [0.3, 0.4) is 0 Å². The van der Waals surface area contributed by atoms with Crippen molar-refractivity contribution in [3.63, 3.8) is 0 Å². The summed E-state index contributed by atoms with van der Waals surface area (Å²) in [7, 11) is 0. The standard InChI is InChI=1S/C18H24FN3/c1-17(2,3)21-15-11-14(12-7-9-13(19)10-8-12)16(20-15)22-18(4,5)6/h7-11H,1-6H3,(H,20,21,22). The molecule has 1 aliphatic rings. The van der Waals surface area contributed by atoms with Crippen LogP contribution < -0.4 is 5.32 Å². The highest BCUT2D eigenvalue weighted by molar-refractivity contribution is 6.36. The number of nitrogens with zero attached hydrogens (tertiary/aromatic N) is 2. The molecule has 0 aromatic heterocycles. The van der Waals surface area contributed by atoms with Crippen molar-refractivity contribution < 1.29 is 4.39 Å². The molecule has 0 fully saturated rings. The second-order valence-corrected chi connectivity index (χ2v) is 7.49. The Bertz CT molecular complexity index is 638. The van der Waals surface area contributed by atoms with Crippen molar-refractivity contribution in [3.8, 4) is 0 Å². The summed E-state index contributed by atoms with van der Waals surface area (Å²) in [6.07, 6.45) is 1.98. The summed E-state index contributed by atoms with van der Waals surface area (Å²) in [5.41, 5.74) is 1.48. The van der Waals surface area contributed by atoms with Crippen molar-refractivity contribution in [3.05, 3.63) is 41.7 Å². The van der Waals surface area contributed by atoms with Crippen LogP contribution in [0.4, 0.5) is 4.39 Å². The minimum Gasteiger partial charge on any atom is -0.325 e. The monoisotopic (exact) mass is 301 g/mol. The lowest BCUT2D eigenvalue weighted by Crippen LogP contribution is -2.28. The molecular weight excluding hydrogens is 277 g/mol. The van der Waals surface area contributed by atoms with Gasteiger partial charge in [-0.1, -0.05) is 12.1 Å². The first-order valence-corrected chi connectivity index (χ1v) is 7.48. The summed E-state index contributed by atoms with van der Waals surface area (Å²) < 4.78 is 13.2. The molecule has 0 saturated heterocycles. The Morgan fingerprint density at radius 3 is 1.91 bits per heavy atom. The molecule has 0 saturated carbocycles. The summed E-state index contributed by atoms with van der Waals surface area (Å²) >= 11 is 0. The van der Waals surface area contributed by atoms with Gasteiger partial charge in [0.15, 0.2) is 0 Å². The van der Waals surface area contributed by atoms with Crippen molar-refractivity contribution in [2.45, 2.75) is 52.6 Å². The van der Waals surface area contributed by atoms with Gasteiger partial charge in [-0.2, -0.15) is 0 Å². The minimum absolute atomic E-state index is 0.177. The topological polar surface area (TPSA) is 36.8 Å². The quantitative estimate of drug-likeness (QED) is 0.829. The number of halogens is 1. The number of nitrogens with one attached hydrogen (secondary N) is 1. The Morgan fingerprint density at radius 2 is 1.41 bits per heavy atom. The third kappa shape index (κ3) is 4.52. The zero-order chi connectivity index (χ0) is 16.5. The third-order valence-corrected chi connectivity index (χ3v) is 2.84. The molecule has 0 aliphatic carbocycles. The molecule has 3 nitrogen and oxygen atoms in total. The van der Waals surface area contributed by atoms with E-state index in [1.165, 1.54) is 12.1 Å². The Hall–Kier alpha value is -1.97. The van der Waals surface area contributed by atoms with E-state index in [0.717, 1.165) is 22.8 Å². The van der Waals surface area contributed by atoms with E-state index >= 15 is 0 Å². The van der Waals surface area contributed by atoms with Crippen molar-refractivity contribution >= 4 is 17.2 Å². The van der Waals surface area contributed by atoms with Crippen molar-refractivity contribution in [1.82, 2.24) is 5.32 Å². The second-order valence-electron chi connectivity index (χ2n) is 7.49. The molecule has 2 rings (SSSR count). The van der Waals surface area contributed by atoms with Crippen LogP contribution >= 0.6 is 0 Å². The highest BCUT2D eigenvalue weighted by Gasteiger charge is 2.23. The zero-order valence-corrected chi connectivity index (χ0v) is 14.2. The van der Waals surface area contributed by atoms with Crippen molar-refractivity contribution in [2.24, 2.45) is 9.98 Å². The van der Waals surface area contributed by atoms with Crippen LogP contribution in [0.5, 0.6) is 0 Å². The fourth-order valence-electron chi connectivity index (χ4n) is 2.12. The van der Waals surface area contributed by atoms with E-state index in [2.05, 4.69) is 10.3 Å². The maximum atomic E-state index is 13.2. The smallest absolute Gasteiger partial charge is 0.135 e. The number of rotatable bonds is 1. The SMILES string of the molecule is CC(C)(C)N=C1C=C(c2ccc(F)cc2)C(=NC(C)(C)C)N1. The van der Waals surface area contributed by atoms with E-state index in [1.54, 1.807) is 12.1 Å². The molecule has 0 atom stereocenters. The molecule has 1 aliphatic heterocycles. The highest BCUT2D eigenvalue weighted by atomic mass is 19.1. The summed E-state index contributed by atoms with van der Waals surface area (Å²) in [6, 6.07) is 6.45. The maximum Gasteiger partial charge on any atom is 0.135 e. The molecule has 0 amide bonds. The molecule has 118 valence electrons. The van der Waals surface area contributed by atoms with E-state index in [1.807, 2.05) is 47.6 Å². The van der Waals surface area contributed by atoms with Gasteiger partial charge in [-0.3, -0.25) is 9.98 Å². The van der Waals surface area contributed by atoms with Crippen molar-refractivity contribution in [2.75, 3.05) is 0 Å². The average Bonchev–Trinajstić information content (AvgIpc) is 2.67. The van der Waals surface area contributed by atoms with E-state index < -0.39 is 0 Å². The van der Waals surface area contributed by atoms with E-state index in [0.29, 0.717) is 0 Å². The molecule has 4 heteroatoms. The van der Waals surface area contributed by atoms with Gasteiger partial charge in [0.05, 0.1) is 11.1 Å². The van der Waals surface area contributed by atoms with Gasteiger partial charge < -0.3 is 5.32 Å². The molecule has 1 aromatic carbocycles. The van der Waals surface area contributed by atoms with E-state index in [-0.39, 0.29) is 16.9 Å². The molecule has 0 unspecified atom stereocenters. The molecule has 1 aromatic rings. The van der Waals surface area contributed by atoms with Crippen LogP contribution in [0.1, 0.15) is 47.1 Å². The highest BCUT2D eigenvalue weighted by Crippen LogP contribution is 2.23. The second kappa shape index (κ2) is 5.67. The van der Waals surface area contributed by atoms with Gasteiger partial charge in [-0.05, 0) is 65.3 Å². The van der Waals surface area contributed by atoms with Gasteiger partial charge in [-0.25, -0.2) is 4.39 Å². The van der Waals surface area contributed by atoms with E-state index in [9.17, 15) is 4.39 Å². The first-order chi connectivity index (χ1) is 10.0. The predicted molar refractivity (Wildman–Crippen MR) is 91.9 cm³/mol. The molecule has 0 radical (unpaired) electrons. The third-order valence-electron chi connectivity index (χ3n) is 2.84. The minimum atomic E-state index is -0.242. The van der Waals surface area contributed by atoms with Crippen LogP contribution in [-0.4, -0.2) is 22.7 Å². The summed E-state index contributed by atoms with van der Waals surface area (Å²) in [4.78, 5) is 9.39. The first kappa shape index (κ1) is 16.4. The lowest BCUT2D eigenvalue weighted by atomic mass is 10.0. The predicted octanol–water partition coefficient (Wildman–Crippen LogP) is 4.21. The Morgan fingerprint density at radius 1 is 0.864 bits per heavy atom. The number of hydrogen-bond acceptors (Lipinski definition) is 2. The molecule has 1 heterocycles. The normalized spacial score (nSPS) is 19.5. The number of aliphatic imine (C=N–C) groups is 2. The first-order valence-electron chi connectivity index (χ1n) is 7.48. The number of benzene rings is 1. The summed E-state index contributed by atoms with van der Waals surface area (Å²) in [5, 5.41) is 3.28. The number of hydrogen-bond donors (Lipinski definition) is 1. The van der Waals surface area contributed by atoms with Gasteiger partial charge in [0.2, 0.25) is 0 Å². The van der Waals surface area contributed by atoms with Gasteiger partial charge in [0.25, 0.3) is 0 Å². The van der Waals surface area contributed by atoms with Crippen LogP contribution in [-0.2, 0) is 0 Å². The van der Waals surface area contributed by atoms with Crippen molar-refractivity contribution in [1.29, 1.82) is 0 Å². The van der Waals surface area contributed by atoms with Gasteiger partial charge in [0.1, 0.15) is 17.5 Å².